The zero-order valence-corrected chi connectivity index (χ0v) is 12.1. The highest BCUT2D eigenvalue weighted by molar-refractivity contribution is 7.11. The standard InChI is InChI=1S/C13H21ClN2S/c1-2-3-4-10-5-7-11(8-6-10)13-16-15-12(9-14)17-13/h10-11H,2-9H2,1H3. The summed E-state index contributed by atoms with van der Waals surface area (Å²) in [6, 6.07) is 0. The van der Waals surface area contributed by atoms with E-state index in [1.54, 1.807) is 11.3 Å². The summed E-state index contributed by atoms with van der Waals surface area (Å²) >= 11 is 7.47. The van der Waals surface area contributed by atoms with Crippen molar-refractivity contribution in [1.29, 1.82) is 0 Å². The molecule has 1 fully saturated rings. The molecule has 1 aromatic heterocycles. The lowest BCUT2D eigenvalue weighted by atomic mass is 9.80. The fourth-order valence-electron chi connectivity index (χ4n) is 2.68. The predicted octanol–water partition coefficient (Wildman–Crippen LogP) is 4.74. The highest BCUT2D eigenvalue weighted by Crippen LogP contribution is 2.38. The third kappa shape index (κ3) is 3.65. The Morgan fingerprint density at radius 1 is 1.24 bits per heavy atom. The van der Waals surface area contributed by atoms with Gasteiger partial charge in [0.15, 0.2) is 0 Å². The normalized spacial score (nSPS) is 25.1. The molecule has 0 atom stereocenters. The first-order valence-corrected chi connectivity index (χ1v) is 8.06. The number of rotatable bonds is 5. The summed E-state index contributed by atoms with van der Waals surface area (Å²) in [4.78, 5) is 0. The lowest BCUT2D eigenvalue weighted by Crippen LogP contribution is -2.13. The second kappa shape index (κ2) is 6.69. The number of hydrogen-bond donors (Lipinski definition) is 0. The van der Waals surface area contributed by atoms with E-state index in [9.17, 15) is 0 Å². The minimum atomic E-state index is 0.503. The van der Waals surface area contributed by atoms with Gasteiger partial charge < -0.3 is 0 Å². The summed E-state index contributed by atoms with van der Waals surface area (Å²) in [5.74, 6) is 2.12. The monoisotopic (exact) mass is 272 g/mol. The largest absolute Gasteiger partial charge is 0.143 e. The van der Waals surface area contributed by atoms with Crippen molar-refractivity contribution >= 4 is 22.9 Å². The van der Waals surface area contributed by atoms with Crippen molar-refractivity contribution in [3.8, 4) is 0 Å². The van der Waals surface area contributed by atoms with Gasteiger partial charge in [-0.25, -0.2) is 0 Å². The smallest absolute Gasteiger partial charge is 0.132 e. The van der Waals surface area contributed by atoms with E-state index in [1.165, 1.54) is 50.0 Å². The Morgan fingerprint density at radius 2 is 2.00 bits per heavy atom. The Bertz CT molecular complexity index is 332. The third-order valence-electron chi connectivity index (χ3n) is 3.76. The highest BCUT2D eigenvalue weighted by Gasteiger charge is 2.24. The molecular weight excluding hydrogens is 252 g/mol. The van der Waals surface area contributed by atoms with Gasteiger partial charge in [-0.3, -0.25) is 0 Å². The first kappa shape index (κ1) is 13.3. The first-order valence-electron chi connectivity index (χ1n) is 6.71. The minimum Gasteiger partial charge on any atom is -0.143 e. The quantitative estimate of drug-likeness (QED) is 0.724. The molecule has 0 amide bonds. The van der Waals surface area contributed by atoms with Crippen molar-refractivity contribution in [1.82, 2.24) is 10.2 Å². The van der Waals surface area contributed by atoms with Gasteiger partial charge >= 0.3 is 0 Å². The van der Waals surface area contributed by atoms with Crippen LogP contribution in [0.2, 0.25) is 0 Å². The van der Waals surface area contributed by atoms with Crippen LogP contribution < -0.4 is 0 Å². The van der Waals surface area contributed by atoms with Gasteiger partial charge in [-0.05, 0) is 31.6 Å². The van der Waals surface area contributed by atoms with E-state index in [4.69, 9.17) is 11.6 Å². The van der Waals surface area contributed by atoms with Crippen LogP contribution in [0, 0.1) is 5.92 Å². The molecule has 1 aromatic rings. The van der Waals surface area contributed by atoms with Crippen LogP contribution in [-0.4, -0.2) is 10.2 Å². The average Bonchev–Trinajstić information content (AvgIpc) is 2.86. The molecule has 0 aromatic carbocycles. The summed E-state index contributed by atoms with van der Waals surface area (Å²) in [7, 11) is 0. The van der Waals surface area contributed by atoms with E-state index < -0.39 is 0 Å². The molecule has 1 aliphatic rings. The molecule has 4 heteroatoms. The zero-order chi connectivity index (χ0) is 12.1. The van der Waals surface area contributed by atoms with Crippen molar-refractivity contribution in [2.24, 2.45) is 5.92 Å². The van der Waals surface area contributed by atoms with E-state index >= 15 is 0 Å². The number of unbranched alkanes of at least 4 members (excludes halogenated alkanes) is 1. The summed E-state index contributed by atoms with van der Waals surface area (Å²) in [6.45, 7) is 2.28. The minimum absolute atomic E-state index is 0.503. The van der Waals surface area contributed by atoms with Gasteiger partial charge in [-0.2, -0.15) is 0 Å². The number of nitrogens with zero attached hydrogens (tertiary/aromatic N) is 2. The summed E-state index contributed by atoms with van der Waals surface area (Å²) < 4.78 is 0. The Morgan fingerprint density at radius 3 is 2.59 bits per heavy atom. The molecule has 17 heavy (non-hydrogen) atoms. The molecule has 0 unspecified atom stereocenters. The van der Waals surface area contributed by atoms with Gasteiger partial charge in [0.2, 0.25) is 0 Å². The van der Waals surface area contributed by atoms with E-state index in [0.717, 1.165) is 10.9 Å². The van der Waals surface area contributed by atoms with Gasteiger partial charge in [0.25, 0.3) is 0 Å². The Labute approximate surface area is 113 Å². The van der Waals surface area contributed by atoms with Crippen molar-refractivity contribution < 1.29 is 0 Å². The topological polar surface area (TPSA) is 25.8 Å². The second-order valence-corrected chi connectivity index (χ2v) is 6.39. The van der Waals surface area contributed by atoms with E-state index in [-0.39, 0.29) is 0 Å². The van der Waals surface area contributed by atoms with Gasteiger partial charge in [-0.15, -0.1) is 21.8 Å². The Kier molecular flexibility index (Phi) is 5.23. The molecule has 2 rings (SSSR count). The second-order valence-electron chi connectivity index (χ2n) is 5.03. The van der Waals surface area contributed by atoms with Crippen LogP contribution in [0.15, 0.2) is 0 Å². The van der Waals surface area contributed by atoms with Crippen LogP contribution in [0.3, 0.4) is 0 Å². The first-order chi connectivity index (χ1) is 8.33. The maximum atomic E-state index is 5.77. The van der Waals surface area contributed by atoms with Crippen molar-refractivity contribution in [3.63, 3.8) is 0 Å². The van der Waals surface area contributed by atoms with Crippen molar-refractivity contribution in [2.45, 2.75) is 63.7 Å². The third-order valence-corrected chi connectivity index (χ3v) is 5.26. The molecule has 1 heterocycles. The van der Waals surface area contributed by atoms with Crippen LogP contribution >= 0.6 is 22.9 Å². The van der Waals surface area contributed by atoms with E-state index in [1.807, 2.05) is 0 Å². The lowest BCUT2D eigenvalue weighted by Gasteiger charge is -2.26. The van der Waals surface area contributed by atoms with Crippen LogP contribution in [-0.2, 0) is 5.88 Å². The summed E-state index contributed by atoms with van der Waals surface area (Å²) in [5, 5.41) is 10.6. The lowest BCUT2D eigenvalue weighted by molar-refractivity contribution is 0.303. The van der Waals surface area contributed by atoms with Crippen LogP contribution in [0.25, 0.3) is 0 Å². The highest BCUT2D eigenvalue weighted by atomic mass is 35.5. The molecule has 0 radical (unpaired) electrons. The Balaban J connectivity index is 1.82. The Hall–Kier alpha value is -0.150. The number of halogens is 1. The van der Waals surface area contributed by atoms with Gasteiger partial charge in [0.05, 0.1) is 5.88 Å². The van der Waals surface area contributed by atoms with Crippen molar-refractivity contribution in [2.75, 3.05) is 0 Å². The molecule has 0 aliphatic heterocycles. The van der Waals surface area contributed by atoms with Gasteiger partial charge in [-0.1, -0.05) is 37.5 Å². The molecular formula is C13H21ClN2S. The van der Waals surface area contributed by atoms with E-state index in [2.05, 4.69) is 17.1 Å². The fourth-order valence-corrected chi connectivity index (χ4v) is 3.76. The summed E-state index contributed by atoms with van der Waals surface area (Å²) in [5.41, 5.74) is 0. The maximum Gasteiger partial charge on any atom is 0.132 e. The SMILES string of the molecule is CCCCC1CCC(c2nnc(CCl)s2)CC1. The molecule has 0 spiro atoms. The zero-order valence-electron chi connectivity index (χ0n) is 10.5. The molecule has 0 bridgehead atoms. The fraction of sp³-hybridized carbons (Fsp3) is 0.846. The van der Waals surface area contributed by atoms with Crippen LogP contribution in [0.1, 0.15) is 67.8 Å². The molecule has 1 aliphatic carbocycles. The average molecular weight is 273 g/mol. The predicted molar refractivity (Wildman–Crippen MR) is 73.7 cm³/mol. The number of hydrogen-bond acceptors (Lipinski definition) is 3. The molecule has 1 saturated carbocycles. The molecule has 0 saturated heterocycles. The number of aromatic nitrogens is 2. The van der Waals surface area contributed by atoms with Crippen LogP contribution in [0.5, 0.6) is 0 Å². The summed E-state index contributed by atoms with van der Waals surface area (Å²) in [6.07, 6.45) is 9.49. The maximum absolute atomic E-state index is 5.77. The number of alkyl halides is 1. The van der Waals surface area contributed by atoms with Gasteiger partial charge in [0, 0.05) is 5.92 Å². The van der Waals surface area contributed by atoms with Crippen molar-refractivity contribution in [3.05, 3.63) is 10.0 Å². The molecule has 96 valence electrons. The van der Waals surface area contributed by atoms with Crippen LogP contribution in [0.4, 0.5) is 0 Å². The van der Waals surface area contributed by atoms with E-state index in [0.29, 0.717) is 11.8 Å². The molecule has 2 nitrogen and oxygen atoms in total. The van der Waals surface area contributed by atoms with Gasteiger partial charge in [0.1, 0.15) is 10.0 Å². The molecule has 0 N–H and O–H groups in total.